The standard InChI is InChI=1S/C35H43N7O4S2Si/c1-7-45-33(43)30-32(41-18-17-26(22-41)46-25-13-9-8-10-14-25)48-34(36-30)40(3)29-21-24(2)31(39-38-29)37-35-42(23-44-19-20-49(4,5)6)27-15-11-12-16-28(27)47-35/h8-16,21,26H,7,17-20,22-23H2,1-6H3/t26-/m1/s1. The number of benzene rings is 2. The molecule has 0 bridgehead atoms. The number of hydrogen-bond acceptors (Lipinski definition) is 12. The van der Waals surface area contributed by atoms with Gasteiger partial charge in [-0.15, -0.1) is 10.2 Å². The van der Waals surface area contributed by atoms with Crippen LogP contribution in [0.2, 0.25) is 25.7 Å². The lowest BCUT2D eigenvalue weighted by Crippen LogP contribution is -2.25. The van der Waals surface area contributed by atoms with Crippen LogP contribution < -0.4 is 19.3 Å². The van der Waals surface area contributed by atoms with Crippen LogP contribution in [0, 0.1) is 6.92 Å². The summed E-state index contributed by atoms with van der Waals surface area (Å²) in [7, 11) is 0.675. The molecule has 258 valence electrons. The van der Waals surface area contributed by atoms with E-state index in [0.29, 0.717) is 35.7 Å². The van der Waals surface area contributed by atoms with Gasteiger partial charge in [0.1, 0.15) is 23.6 Å². The van der Waals surface area contributed by atoms with Gasteiger partial charge in [-0.25, -0.2) is 9.78 Å². The van der Waals surface area contributed by atoms with Gasteiger partial charge in [0.25, 0.3) is 0 Å². The Hall–Kier alpha value is -4.11. The van der Waals surface area contributed by atoms with Crippen LogP contribution in [0.25, 0.3) is 10.2 Å². The highest BCUT2D eigenvalue weighted by Crippen LogP contribution is 2.39. The van der Waals surface area contributed by atoms with Gasteiger partial charge in [0.05, 0.1) is 23.4 Å². The zero-order chi connectivity index (χ0) is 34.5. The number of ether oxygens (including phenoxy) is 3. The summed E-state index contributed by atoms with van der Waals surface area (Å²) in [5, 5.41) is 10.5. The van der Waals surface area contributed by atoms with Crippen molar-refractivity contribution in [1.29, 1.82) is 0 Å². The first-order valence-corrected chi connectivity index (χ1v) is 21.9. The minimum atomic E-state index is -1.20. The average molecular weight is 718 g/mol. The molecule has 0 amide bonds. The summed E-state index contributed by atoms with van der Waals surface area (Å²) in [5.41, 5.74) is 2.24. The molecule has 1 aliphatic heterocycles. The van der Waals surface area contributed by atoms with E-state index < -0.39 is 14.0 Å². The molecule has 49 heavy (non-hydrogen) atoms. The van der Waals surface area contributed by atoms with Gasteiger partial charge >= 0.3 is 5.97 Å². The van der Waals surface area contributed by atoms with Crippen molar-refractivity contribution in [2.45, 2.75) is 58.8 Å². The molecule has 2 aromatic carbocycles. The molecule has 6 rings (SSSR count). The summed E-state index contributed by atoms with van der Waals surface area (Å²) in [6, 6.07) is 21.1. The zero-order valence-corrected chi connectivity index (χ0v) is 31.5. The summed E-state index contributed by atoms with van der Waals surface area (Å²) in [6.45, 7) is 13.6. The second kappa shape index (κ2) is 15.2. The molecule has 4 heterocycles. The molecule has 0 spiro atoms. The zero-order valence-electron chi connectivity index (χ0n) is 28.9. The third-order valence-corrected chi connectivity index (χ3v) is 12.1. The van der Waals surface area contributed by atoms with E-state index in [2.05, 4.69) is 51.4 Å². The molecule has 0 unspecified atom stereocenters. The number of para-hydroxylation sites is 2. The molecule has 0 N–H and O–H groups in total. The second-order valence-corrected chi connectivity index (χ2v) is 20.8. The number of nitrogens with zero attached hydrogens (tertiary/aromatic N) is 7. The Labute approximate surface area is 295 Å². The lowest BCUT2D eigenvalue weighted by molar-refractivity contribution is 0.0521. The molecule has 0 aliphatic carbocycles. The van der Waals surface area contributed by atoms with Gasteiger partial charge in [0.2, 0.25) is 0 Å². The molecule has 1 saturated heterocycles. The molecule has 5 aromatic rings. The monoisotopic (exact) mass is 717 g/mol. The topological polar surface area (TPSA) is 107 Å². The number of aryl methyl sites for hydroxylation is 1. The van der Waals surface area contributed by atoms with Crippen molar-refractivity contribution < 1.29 is 19.0 Å². The molecule has 14 heteroatoms. The van der Waals surface area contributed by atoms with Crippen LogP contribution in [0.15, 0.2) is 65.7 Å². The molecule has 3 aromatic heterocycles. The highest BCUT2D eigenvalue weighted by Gasteiger charge is 2.32. The quantitative estimate of drug-likeness (QED) is 0.0700. The summed E-state index contributed by atoms with van der Waals surface area (Å²) in [4.78, 5) is 27.6. The second-order valence-electron chi connectivity index (χ2n) is 13.2. The van der Waals surface area contributed by atoms with Gasteiger partial charge in [-0.3, -0.25) is 4.57 Å². The molecular weight excluding hydrogens is 675 g/mol. The third-order valence-electron chi connectivity index (χ3n) is 8.13. The maximum atomic E-state index is 13.1. The lowest BCUT2D eigenvalue weighted by atomic mass is 10.3. The van der Waals surface area contributed by atoms with Crippen LogP contribution in [0.4, 0.5) is 21.8 Å². The number of hydrogen-bond donors (Lipinski definition) is 0. The first kappa shape index (κ1) is 34.7. The number of esters is 1. The molecule has 1 fully saturated rings. The fraction of sp³-hybridized carbons (Fsp3) is 0.400. The highest BCUT2D eigenvalue weighted by molar-refractivity contribution is 7.20. The third kappa shape index (κ3) is 8.37. The fourth-order valence-electron chi connectivity index (χ4n) is 5.38. The van der Waals surface area contributed by atoms with Crippen molar-refractivity contribution in [3.63, 3.8) is 0 Å². The number of aromatic nitrogens is 4. The van der Waals surface area contributed by atoms with Crippen molar-refractivity contribution >= 4 is 68.7 Å². The van der Waals surface area contributed by atoms with Gasteiger partial charge in [0, 0.05) is 34.7 Å². The largest absolute Gasteiger partial charge is 0.489 e. The number of carbonyl (C=O) groups excluding carboxylic acids is 1. The molecule has 0 saturated carbocycles. The predicted octanol–water partition coefficient (Wildman–Crippen LogP) is 7.40. The Balaban J connectivity index is 1.24. The van der Waals surface area contributed by atoms with Crippen LogP contribution in [0.1, 0.15) is 29.4 Å². The minimum absolute atomic E-state index is 0.00173. The van der Waals surface area contributed by atoms with Crippen LogP contribution in [-0.4, -0.2) is 73.2 Å². The fourth-order valence-corrected chi connectivity index (χ4v) is 8.22. The van der Waals surface area contributed by atoms with Crippen molar-refractivity contribution in [1.82, 2.24) is 19.7 Å². The highest BCUT2D eigenvalue weighted by atomic mass is 32.1. The lowest BCUT2D eigenvalue weighted by Gasteiger charge is -2.18. The average Bonchev–Trinajstić information content (AvgIpc) is 3.81. The van der Waals surface area contributed by atoms with Crippen molar-refractivity contribution in [3.8, 4) is 5.75 Å². The Kier molecular flexibility index (Phi) is 10.8. The van der Waals surface area contributed by atoms with Gasteiger partial charge < -0.3 is 24.0 Å². The summed E-state index contributed by atoms with van der Waals surface area (Å²) < 4.78 is 21.0. The molecule has 0 radical (unpaired) electrons. The van der Waals surface area contributed by atoms with E-state index in [1.165, 1.54) is 11.3 Å². The van der Waals surface area contributed by atoms with Crippen LogP contribution >= 0.6 is 22.7 Å². The normalized spacial score (nSPS) is 15.3. The summed E-state index contributed by atoms with van der Waals surface area (Å²) in [5.74, 6) is 1.52. The molecule has 11 nitrogen and oxygen atoms in total. The Bertz CT molecular complexity index is 1970. The van der Waals surface area contributed by atoms with E-state index in [4.69, 9.17) is 24.2 Å². The number of anilines is 3. The van der Waals surface area contributed by atoms with Crippen LogP contribution in [0.3, 0.4) is 0 Å². The van der Waals surface area contributed by atoms with E-state index in [1.807, 2.05) is 67.4 Å². The van der Waals surface area contributed by atoms with Gasteiger partial charge in [-0.05, 0) is 55.8 Å². The summed E-state index contributed by atoms with van der Waals surface area (Å²) >= 11 is 3.03. The Morgan fingerprint density at radius 2 is 1.86 bits per heavy atom. The Morgan fingerprint density at radius 3 is 2.61 bits per heavy atom. The number of rotatable bonds is 13. The molecule has 1 atom stereocenters. The number of thiazole rings is 2. The van der Waals surface area contributed by atoms with E-state index in [0.717, 1.165) is 56.9 Å². The van der Waals surface area contributed by atoms with Crippen LogP contribution in [0.5, 0.6) is 5.75 Å². The van der Waals surface area contributed by atoms with E-state index in [1.54, 1.807) is 18.3 Å². The van der Waals surface area contributed by atoms with Gasteiger partial charge in [0.15, 0.2) is 27.3 Å². The molecular formula is C35H43N7O4S2Si. The van der Waals surface area contributed by atoms with Crippen LogP contribution in [-0.2, 0) is 16.2 Å². The van der Waals surface area contributed by atoms with Gasteiger partial charge in [-0.2, -0.15) is 4.99 Å². The van der Waals surface area contributed by atoms with E-state index in [-0.39, 0.29) is 12.7 Å². The smallest absolute Gasteiger partial charge is 0.360 e. The first-order valence-electron chi connectivity index (χ1n) is 16.5. The van der Waals surface area contributed by atoms with Crippen molar-refractivity contribution in [2.24, 2.45) is 4.99 Å². The summed E-state index contributed by atoms with van der Waals surface area (Å²) in [6.07, 6.45) is 0.835. The minimum Gasteiger partial charge on any atom is -0.489 e. The predicted molar refractivity (Wildman–Crippen MR) is 200 cm³/mol. The Morgan fingerprint density at radius 1 is 1.08 bits per heavy atom. The van der Waals surface area contributed by atoms with Gasteiger partial charge in [-0.1, -0.05) is 72.6 Å². The maximum absolute atomic E-state index is 13.1. The number of fused-ring (bicyclic) bond motifs is 1. The van der Waals surface area contributed by atoms with E-state index >= 15 is 0 Å². The SMILES string of the molecule is CCOC(=O)c1nc(N(C)c2cc(C)c(N=c3sc4ccccc4n3COCC[Si](C)(C)C)nn2)sc1N1CC[C@@H](Oc2ccccc2)C1. The van der Waals surface area contributed by atoms with Crippen molar-refractivity contribution in [2.75, 3.05) is 43.2 Å². The maximum Gasteiger partial charge on any atom is 0.360 e. The van der Waals surface area contributed by atoms with E-state index in [9.17, 15) is 4.79 Å². The van der Waals surface area contributed by atoms with Crippen molar-refractivity contribution in [3.05, 3.63) is 76.7 Å². The number of carbonyl (C=O) groups is 1. The first-order chi connectivity index (χ1) is 23.6. The molecule has 1 aliphatic rings.